The number of amides is 1. The van der Waals surface area contributed by atoms with Crippen molar-refractivity contribution in [1.29, 1.82) is 0 Å². The van der Waals surface area contributed by atoms with Gasteiger partial charge in [0.05, 0.1) is 17.3 Å². The Morgan fingerprint density at radius 1 is 1.16 bits per heavy atom. The van der Waals surface area contributed by atoms with Crippen molar-refractivity contribution in [3.8, 4) is 11.6 Å². The van der Waals surface area contributed by atoms with Crippen LogP contribution in [0.5, 0.6) is 11.6 Å². The molecule has 0 spiro atoms. The van der Waals surface area contributed by atoms with Crippen LogP contribution in [0.25, 0.3) is 0 Å². The van der Waals surface area contributed by atoms with E-state index in [0.717, 1.165) is 0 Å². The molecule has 3 N–H and O–H groups in total. The van der Waals surface area contributed by atoms with E-state index in [1.165, 1.54) is 36.8 Å². The second-order valence-corrected chi connectivity index (χ2v) is 3.57. The second kappa shape index (κ2) is 5.13. The van der Waals surface area contributed by atoms with Crippen LogP contribution in [0.3, 0.4) is 0 Å². The first-order chi connectivity index (χ1) is 9.06. The van der Waals surface area contributed by atoms with Crippen LogP contribution in [-0.4, -0.2) is 27.0 Å². The molecule has 0 aliphatic carbocycles. The Labute approximate surface area is 107 Å². The molecule has 2 rings (SSSR count). The molecule has 2 aromatic heterocycles. The van der Waals surface area contributed by atoms with Gasteiger partial charge in [-0.25, -0.2) is 9.78 Å². The first-order valence-electron chi connectivity index (χ1n) is 5.18. The van der Waals surface area contributed by atoms with E-state index >= 15 is 0 Å². The lowest BCUT2D eigenvalue weighted by atomic mass is 10.3. The van der Waals surface area contributed by atoms with Crippen molar-refractivity contribution in [1.82, 2.24) is 9.97 Å². The molecule has 0 aliphatic rings. The third-order valence-electron chi connectivity index (χ3n) is 2.20. The minimum atomic E-state index is -1.10. The summed E-state index contributed by atoms with van der Waals surface area (Å²) in [6.45, 7) is 0. The minimum Gasteiger partial charge on any atom is -0.478 e. The van der Waals surface area contributed by atoms with Crippen LogP contribution in [0.1, 0.15) is 20.7 Å². The fraction of sp³-hybridized carbons (Fsp3) is 0. The van der Waals surface area contributed by atoms with Crippen LogP contribution in [0.15, 0.2) is 36.8 Å². The van der Waals surface area contributed by atoms with E-state index in [-0.39, 0.29) is 22.8 Å². The van der Waals surface area contributed by atoms with Crippen LogP contribution < -0.4 is 10.5 Å². The summed E-state index contributed by atoms with van der Waals surface area (Å²) < 4.78 is 5.31. The van der Waals surface area contributed by atoms with Crippen LogP contribution in [0.2, 0.25) is 0 Å². The summed E-state index contributed by atoms with van der Waals surface area (Å²) in [5.74, 6) is -1.25. The molecule has 0 saturated carbocycles. The van der Waals surface area contributed by atoms with Gasteiger partial charge in [-0.3, -0.25) is 9.78 Å². The Hall–Kier alpha value is -2.96. The maximum absolute atomic E-state index is 10.9. The number of hydrogen-bond donors (Lipinski definition) is 2. The van der Waals surface area contributed by atoms with E-state index in [0.29, 0.717) is 0 Å². The molecule has 0 aliphatic heterocycles. The molecule has 0 atom stereocenters. The Morgan fingerprint density at radius 2 is 1.95 bits per heavy atom. The number of carboxylic acids is 1. The molecule has 0 fully saturated rings. The normalized spacial score (nSPS) is 9.89. The van der Waals surface area contributed by atoms with Gasteiger partial charge >= 0.3 is 5.97 Å². The number of aromatic nitrogens is 2. The van der Waals surface area contributed by atoms with Crippen LogP contribution in [0.4, 0.5) is 0 Å². The molecule has 2 heterocycles. The third kappa shape index (κ3) is 3.03. The number of primary amides is 1. The van der Waals surface area contributed by atoms with Crippen LogP contribution >= 0.6 is 0 Å². The molecular formula is C12H9N3O4. The molecule has 0 saturated heterocycles. The summed E-state index contributed by atoms with van der Waals surface area (Å²) in [4.78, 5) is 29.2. The second-order valence-electron chi connectivity index (χ2n) is 3.57. The third-order valence-corrected chi connectivity index (χ3v) is 2.20. The zero-order chi connectivity index (χ0) is 13.8. The average molecular weight is 259 g/mol. The highest BCUT2D eigenvalue weighted by atomic mass is 16.5. The maximum atomic E-state index is 10.9. The summed E-state index contributed by atoms with van der Waals surface area (Å²) in [5, 5.41) is 8.81. The van der Waals surface area contributed by atoms with Crippen molar-refractivity contribution in [3.05, 3.63) is 47.9 Å². The molecule has 0 radical (unpaired) electrons. The number of pyridine rings is 2. The van der Waals surface area contributed by atoms with Gasteiger partial charge in [0.1, 0.15) is 5.75 Å². The van der Waals surface area contributed by atoms with Gasteiger partial charge in [-0.2, -0.15) is 0 Å². The largest absolute Gasteiger partial charge is 0.478 e. The van der Waals surface area contributed by atoms with Crippen molar-refractivity contribution in [2.75, 3.05) is 0 Å². The quantitative estimate of drug-likeness (QED) is 0.848. The molecular weight excluding hydrogens is 250 g/mol. The summed E-state index contributed by atoms with van der Waals surface area (Å²) in [6.07, 6.45) is 3.83. The highest BCUT2D eigenvalue weighted by Crippen LogP contribution is 2.19. The highest BCUT2D eigenvalue weighted by Gasteiger charge is 2.07. The zero-order valence-electron chi connectivity index (χ0n) is 9.61. The molecule has 96 valence electrons. The molecule has 7 heteroatoms. The van der Waals surface area contributed by atoms with E-state index in [9.17, 15) is 9.59 Å². The summed E-state index contributed by atoms with van der Waals surface area (Å²) in [5.41, 5.74) is 5.33. The van der Waals surface area contributed by atoms with Crippen molar-refractivity contribution < 1.29 is 19.4 Å². The van der Waals surface area contributed by atoms with E-state index in [4.69, 9.17) is 15.6 Å². The van der Waals surface area contributed by atoms with E-state index in [1.54, 1.807) is 0 Å². The van der Waals surface area contributed by atoms with Gasteiger partial charge < -0.3 is 15.6 Å². The number of ether oxygens (including phenoxy) is 1. The first-order valence-corrected chi connectivity index (χ1v) is 5.18. The van der Waals surface area contributed by atoms with Gasteiger partial charge in [-0.15, -0.1) is 0 Å². The summed E-state index contributed by atoms with van der Waals surface area (Å²) in [7, 11) is 0. The number of carbonyl (C=O) groups is 2. The SMILES string of the molecule is NC(=O)c1ccc(Oc2cncc(C(=O)O)c2)nc1. The molecule has 0 bridgehead atoms. The monoisotopic (exact) mass is 259 g/mol. The van der Waals surface area contributed by atoms with Crippen LogP contribution in [0, 0.1) is 0 Å². The van der Waals surface area contributed by atoms with Gasteiger partial charge in [0, 0.05) is 18.5 Å². The molecule has 0 unspecified atom stereocenters. The molecule has 2 aromatic rings. The van der Waals surface area contributed by atoms with Gasteiger partial charge in [0.25, 0.3) is 0 Å². The fourth-order valence-corrected chi connectivity index (χ4v) is 1.30. The summed E-state index contributed by atoms with van der Waals surface area (Å²) >= 11 is 0. The lowest BCUT2D eigenvalue weighted by molar-refractivity contribution is 0.0695. The molecule has 7 nitrogen and oxygen atoms in total. The number of carboxylic acid groups (broad SMARTS) is 1. The van der Waals surface area contributed by atoms with Crippen molar-refractivity contribution in [2.45, 2.75) is 0 Å². The Bertz CT molecular complexity index is 625. The predicted octanol–water partition coefficient (Wildman–Crippen LogP) is 1.07. The minimum absolute atomic E-state index is 0.00579. The Kier molecular flexibility index (Phi) is 3.37. The lowest BCUT2D eigenvalue weighted by Crippen LogP contribution is -2.10. The number of nitrogens with two attached hydrogens (primary N) is 1. The van der Waals surface area contributed by atoms with Gasteiger partial charge in [0.2, 0.25) is 11.8 Å². The fourth-order valence-electron chi connectivity index (χ4n) is 1.30. The predicted molar refractivity (Wildman–Crippen MR) is 64.0 cm³/mol. The number of hydrogen-bond acceptors (Lipinski definition) is 5. The highest BCUT2D eigenvalue weighted by molar-refractivity contribution is 5.92. The van der Waals surface area contributed by atoms with Gasteiger partial charge in [0.15, 0.2) is 0 Å². The van der Waals surface area contributed by atoms with E-state index in [1.807, 2.05) is 0 Å². The van der Waals surface area contributed by atoms with Crippen molar-refractivity contribution in [3.63, 3.8) is 0 Å². The van der Waals surface area contributed by atoms with Crippen molar-refractivity contribution in [2.24, 2.45) is 5.73 Å². The number of rotatable bonds is 4. The number of carbonyl (C=O) groups excluding carboxylic acids is 1. The number of aromatic carboxylic acids is 1. The van der Waals surface area contributed by atoms with Crippen LogP contribution in [-0.2, 0) is 0 Å². The number of nitrogens with zero attached hydrogens (tertiary/aromatic N) is 2. The Balaban J connectivity index is 2.19. The zero-order valence-corrected chi connectivity index (χ0v) is 9.61. The average Bonchev–Trinajstić information content (AvgIpc) is 2.39. The van der Waals surface area contributed by atoms with Crippen molar-refractivity contribution >= 4 is 11.9 Å². The lowest BCUT2D eigenvalue weighted by Gasteiger charge is -2.05. The first kappa shape index (κ1) is 12.5. The summed E-state index contributed by atoms with van der Waals surface area (Å²) in [6, 6.07) is 4.23. The van der Waals surface area contributed by atoms with Gasteiger partial charge in [-0.05, 0) is 12.1 Å². The molecule has 0 aromatic carbocycles. The Morgan fingerprint density at radius 3 is 2.53 bits per heavy atom. The molecule has 19 heavy (non-hydrogen) atoms. The van der Waals surface area contributed by atoms with E-state index < -0.39 is 11.9 Å². The topological polar surface area (TPSA) is 115 Å². The molecule has 1 amide bonds. The van der Waals surface area contributed by atoms with E-state index in [2.05, 4.69) is 9.97 Å². The maximum Gasteiger partial charge on any atom is 0.337 e. The smallest absolute Gasteiger partial charge is 0.337 e. The van der Waals surface area contributed by atoms with Gasteiger partial charge in [-0.1, -0.05) is 0 Å². The standard InChI is InChI=1S/C12H9N3O4/c13-11(16)7-1-2-10(15-5-7)19-9-3-8(12(17)18)4-14-6-9/h1-6H,(H2,13,16)(H,17,18).